The van der Waals surface area contributed by atoms with Crippen LogP contribution in [0.2, 0.25) is 5.02 Å². The SMILES string of the molecule is O=C(C1CC1)N1CCN(Cn2sc3ccc(Cl)cc3c2=O)CC1. The Bertz CT molecular complexity index is 803. The van der Waals surface area contributed by atoms with E-state index in [4.69, 9.17) is 11.6 Å². The lowest BCUT2D eigenvalue weighted by molar-refractivity contribution is -0.134. The molecular formula is C16H18ClN3O2S. The Kier molecular flexibility index (Phi) is 3.91. The number of halogens is 1. The van der Waals surface area contributed by atoms with Crippen LogP contribution in [0.4, 0.5) is 0 Å². The van der Waals surface area contributed by atoms with Gasteiger partial charge < -0.3 is 4.90 Å². The maximum absolute atomic E-state index is 12.4. The maximum Gasteiger partial charge on any atom is 0.269 e. The van der Waals surface area contributed by atoms with E-state index in [-0.39, 0.29) is 11.5 Å². The summed E-state index contributed by atoms with van der Waals surface area (Å²) in [6.07, 6.45) is 2.11. The lowest BCUT2D eigenvalue weighted by atomic mass is 10.2. The molecule has 1 saturated carbocycles. The van der Waals surface area contributed by atoms with Crippen LogP contribution in [-0.2, 0) is 11.5 Å². The molecule has 23 heavy (non-hydrogen) atoms. The molecule has 1 aliphatic heterocycles. The van der Waals surface area contributed by atoms with Gasteiger partial charge in [-0.3, -0.25) is 14.5 Å². The van der Waals surface area contributed by atoms with Crippen molar-refractivity contribution < 1.29 is 4.79 Å². The van der Waals surface area contributed by atoms with Crippen molar-refractivity contribution in [1.82, 2.24) is 13.8 Å². The summed E-state index contributed by atoms with van der Waals surface area (Å²) in [5, 5.41) is 1.27. The summed E-state index contributed by atoms with van der Waals surface area (Å²) in [7, 11) is 0. The molecule has 0 unspecified atom stereocenters. The van der Waals surface area contributed by atoms with Gasteiger partial charge in [0.15, 0.2) is 0 Å². The Labute approximate surface area is 143 Å². The first-order chi connectivity index (χ1) is 11.1. The van der Waals surface area contributed by atoms with Gasteiger partial charge in [-0.2, -0.15) is 0 Å². The molecule has 0 N–H and O–H groups in total. The number of carbonyl (C=O) groups is 1. The average molecular weight is 352 g/mol. The van der Waals surface area contributed by atoms with Gasteiger partial charge in [-0.25, -0.2) is 3.96 Å². The predicted molar refractivity (Wildman–Crippen MR) is 92.0 cm³/mol. The number of hydrogen-bond donors (Lipinski definition) is 0. The van der Waals surface area contributed by atoms with Crippen LogP contribution in [0, 0.1) is 5.92 Å². The topological polar surface area (TPSA) is 45.6 Å². The second-order valence-electron chi connectivity index (χ2n) is 6.27. The minimum absolute atomic E-state index is 0.0176. The Hall–Kier alpha value is -1.37. The summed E-state index contributed by atoms with van der Waals surface area (Å²) in [4.78, 5) is 28.7. The molecule has 4 rings (SSSR count). The highest BCUT2D eigenvalue weighted by atomic mass is 35.5. The highest BCUT2D eigenvalue weighted by Crippen LogP contribution is 2.31. The van der Waals surface area contributed by atoms with Crippen LogP contribution >= 0.6 is 23.1 Å². The van der Waals surface area contributed by atoms with Crippen LogP contribution in [0.15, 0.2) is 23.0 Å². The molecule has 2 aliphatic rings. The first-order valence-corrected chi connectivity index (χ1v) is 9.07. The summed E-state index contributed by atoms with van der Waals surface area (Å²) < 4.78 is 2.74. The number of benzene rings is 1. The van der Waals surface area contributed by atoms with E-state index in [1.165, 1.54) is 11.5 Å². The van der Waals surface area contributed by atoms with Crippen LogP contribution in [0.25, 0.3) is 10.1 Å². The number of aromatic nitrogens is 1. The van der Waals surface area contributed by atoms with E-state index in [1.807, 2.05) is 17.0 Å². The quantitative estimate of drug-likeness (QED) is 0.851. The molecule has 2 fully saturated rings. The summed E-state index contributed by atoms with van der Waals surface area (Å²) in [6, 6.07) is 5.44. The third kappa shape index (κ3) is 3.03. The van der Waals surface area contributed by atoms with E-state index in [2.05, 4.69) is 4.90 Å². The van der Waals surface area contributed by atoms with Crippen molar-refractivity contribution in [3.05, 3.63) is 33.6 Å². The van der Waals surface area contributed by atoms with Crippen LogP contribution in [-0.4, -0.2) is 45.8 Å². The van der Waals surface area contributed by atoms with Gasteiger partial charge in [-0.05, 0) is 31.0 Å². The largest absolute Gasteiger partial charge is 0.340 e. The third-order valence-electron chi connectivity index (χ3n) is 4.55. The molecule has 0 radical (unpaired) electrons. The molecule has 1 aromatic heterocycles. The lowest BCUT2D eigenvalue weighted by Gasteiger charge is -2.34. The average Bonchev–Trinajstić information content (AvgIpc) is 3.36. The third-order valence-corrected chi connectivity index (χ3v) is 5.84. The molecule has 1 aliphatic carbocycles. The second-order valence-corrected chi connectivity index (χ2v) is 7.77. The Morgan fingerprint density at radius 1 is 1.22 bits per heavy atom. The summed E-state index contributed by atoms with van der Waals surface area (Å²) in [5.41, 5.74) is 0.0176. The number of rotatable bonds is 3. The molecule has 0 atom stereocenters. The van der Waals surface area contributed by atoms with Crippen molar-refractivity contribution in [2.75, 3.05) is 26.2 Å². The van der Waals surface area contributed by atoms with E-state index >= 15 is 0 Å². The number of amides is 1. The predicted octanol–water partition coefficient (Wildman–Crippen LogP) is 2.23. The van der Waals surface area contributed by atoms with Crippen LogP contribution in [0.5, 0.6) is 0 Å². The van der Waals surface area contributed by atoms with E-state index in [9.17, 15) is 9.59 Å². The van der Waals surface area contributed by atoms with Crippen molar-refractivity contribution in [1.29, 1.82) is 0 Å². The molecule has 2 heterocycles. The number of nitrogens with zero attached hydrogens (tertiary/aromatic N) is 3. The van der Waals surface area contributed by atoms with Gasteiger partial charge in [0.2, 0.25) is 5.91 Å². The van der Waals surface area contributed by atoms with Crippen LogP contribution in [0.3, 0.4) is 0 Å². The minimum atomic E-state index is 0.0176. The molecular weight excluding hydrogens is 334 g/mol. The Morgan fingerprint density at radius 2 is 1.96 bits per heavy atom. The van der Waals surface area contributed by atoms with Crippen molar-refractivity contribution in [2.24, 2.45) is 5.92 Å². The monoisotopic (exact) mass is 351 g/mol. The fourth-order valence-corrected chi connectivity index (χ4v) is 4.20. The van der Waals surface area contributed by atoms with Gasteiger partial charge in [-0.15, -0.1) is 0 Å². The fourth-order valence-electron chi connectivity index (χ4n) is 3.02. The van der Waals surface area contributed by atoms with Gasteiger partial charge in [0.05, 0.1) is 16.8 Å². The van der Waals surface area contributed by atoms with Crippen molar-refractivity contribution in [2.45, 2.75) is 19.5 Å². The standard InChI is InChI=1S/C16H18ClN3O2S/c17-12-3-4-14-13(9-12)16(22)20(23-14)10-18-5-7-19(8-6-18)15(21)11-1-2-11/h3-4,9,11H,1-2,5-8,10H2. The number of hydrogen-bond acceptors (Lipinski definition) is 4. The number of carbonyl (C=O) groups excluding carboxylic acids is 1. The zero-order chi connectivity index (χ0) is 16.0. The normalized spacial score (nSPS) is 19.4. The Balaban J connectivity index is 1.44. The van der Waals surface area contributed by atoms with Gasteiger partial charge in [0.1, 0.15) is 0 Å². The van der Waals surface area contributed by atoms with E-state index in [0.29, 0.717) is 23.0 Å². The highest BCUT2D eigenvalue weighted by Gasteiger charge is 2.34. The Morgan fingerprint density at radius 3 is 2.65 bits per heavy atom. The highest BCUT2D eigenvalue weighted by molar-refractivity contribution is 7.13. The molecule has 0 bridgehead atoms. The zero-order valence-corrected chi connectivity index (χ0v) is 14.3. The van der Waals surface area contributed by atoms with Gasteiger partial charge >= 0.3 is 0 Å². The molecule has 1 aromatic carbocycles. The number of piperazine rings is 1. The summed E-state index contributed by atoms with van der Waals surface area (Å²) in [6.45, 7) is 3.75. The van der Waals surface area contributed by atoms with Gasteiger partial charge in [0, 0.05) is 37.1 Å². The number of fused-ring (bicyclic) bond motifs is 1. The van der Waals surface area contributed by atoms with Crippen molar-refractivity contribution >= 4 is 39.1 Å². The van der Waals surface area contributed by atoms with Crippen LogP contribution in [0.1, 0.15) is 12.8 Å². The lowest BCUT2D eigenvalue weighted by Crippen LogP contribution is -2.49. The summed E-state index contributed by atoms with van der Waals surface area (Å²) in [5.74, 6) is 0.606. The fraction of sp³-hybridized carbons (Fsp3) is 0.500. The molecule has 1 amide bonds. The maximum atomic E-state index is 12.4. The molecule has 5 nitrogen and oxygen atoms in total. The van der Waals surface area contributed by atoms with Gasteiger partial charge in [0.25, 0.3) is 5.56 Å². The van der Waals surface area contributed by atoms with Gasteiger partial charge in [-0.1, -0.05) is 23.1 Å². The zero-order valence-electron chi connectivity index (χ0n) is 12.7. The molecule has 122 valence electrons. The van der Waals surface area contributed by atoms with Crippen molar-refractivity contribution in [3.8, 4) is 0 Å². The minimum Gasteiger partial charge on any atom is -0.340 e. The molecule has 1 saturated heterocycles. The molecule has 0 spiro atoms. The van der Waals surface area contributed by atoms with E-state index in [1.54, 1.807) is 10.0 Å². The second kappa shape index (κ2) is 5.92. The molecule has 7 heteroatoms. The van der Waals surface area contributed by atoms with E-state index in [0.717, 1.165) is 43.7 Å². The van der Waals surface area contributed by atoms with E-state index < -0.39 is 0 Å². The molecule has 2 aromatic rings. The van der Waals surface area contributed by atoms with Crippen molar-refractivity contribution in [3.63, 3.8) is 0 Å². The smallest absolute Gasteiger partial charge is 0.269 e. The first-order valence-electron chi connectivity index (χ1n) is 7.92. The summed E-state index contributed by atoms with van der Waals surface area (Å²) >= 11 is 7.45. The first kappa shape index (κ1) is 15.2. The van der Waals surface area contributed by atoms with Crippen LogP contribution < -0.4 is 5.56 Å².